The first-order valence-corrected chi connectivity index (χ1v) is 18.3. The van der Waals surface area contributed by atoms with E-state index >= 15 is 0 Å². The number of hydrogen-bond donors (Lipinski definition) is 1. The van der Waals surface area contributed by atoms with E-state index in [2.05, 4.69) is 27.7 Å². The van der Waals surface area contributed by atoms with Gasteiger partial charge in [-0.1, -0.05) is 168 Å². The van der Waals surface area contributed by atoms with Crippen molar-refractivity contribution in [2.45, 2.75) is 220 Å². The fourth-order valence-corrected chi connectivity index (χ4v) is 5.94. The van der Waals surface area contributed by atoms with E-state index in [1.807, 2.05) is 7.05 Å². The number of halogens is 1. The maximum absolute atomic E-state index is 13.1. The molecule has 0 spiro atoms. The molecule has 0 aromatic carbocycles. The minimum atomic E-state index is -0.449. The zero-order valence-electron chi connectivity index (χ0n) is 28.6. The largest absolute Gasteiger partial charge is 1.00 e. The minimum Gasteiger partial charge on any atom is -1.00 e. The molecule has 0 saturated heterocycles. The Morgan fingerprint density at radius 2 is 0.659 bits per heavy atom. The Hall–Kier alpha value is -0.410. The molecule has 0 aliphatic heterocycles. The van der Waals surface area contributed by atoms with E-state index < -0.39 is 6.04 Å². The van der Waals surface area contributed by atoms with Crippen molar-refractivity contribution in [3.8, 4) is 0 Å². The second-order valence-corrected chi connectivity index (χ2v) is 13.2. The summed E-state index contributed by atoms with van der Waals surface area (Å²) in [7, 11) is 2.04. The van der Waals surface area contributed by atoms with E-state index in [1.165, 1.54) is 141 Å². The van der Waals surface area contributed by atoms with Crippen molar-refractivity contribution < 1.29 is 26.9 Å². The molecule has 0 rings (SSSR count). The number of unbranched alkanes of at least 4 members (excludes halogenated alkanes) is 24. The third kappa shape index (κ3) is 26.9. The molecule has 0 saturated carbocycles. The number of rotatable bonds is 32. The van der Waals surface area contributed by atoms with Gasteiger partial charge in [0.25, 0.3) is 0 Å². The normalized spacial score (nSPS) is 12.2. The maximum atomic E-state index is 13.1. The Balaban J connectivity index is 0. The van der Waals surface area contributed by atoms with Gasteiger partial charge in [0.05, 0.1) is 13.1 Å². The van der Waals surface area contributed by atoms with E-state index in [0.29, 0.717) is 12.8 Å². The smallest absolute Gasteiger partial charge is 0.205 e. The monoisotopic (exact) mass is 600 g/mol. The van der Waals surface area contributed by atoms with Crippen molar-refractivity contribution in [2.75, 3.05) is 7.05 Å². The first-order chi connectivity index (χ1) is 19.5. The van der Waals surface area contributed by atoms with E-state index in [1.54, 1.807) is 0 Å². The van der Waals surface area contributed by atoms with E-state index in [4.69, 9.17) is 0 Å². The molecule has 0 amide bonds. The average molecular weight is 600 g/mol. The van der Waals surface area contributed by atoms with Crippen molar-refractivity contribution >= 4 is 11.6 Å². The summed E-state index contributed by atoms with van der Waals surface area (Å²) in [6, 6.07) is -0.161. The molecular formula is C37H74ClNO2. The van der Waals surface area contributed by atoms with Gasteiger partial charge >= 0.3 is 0 Å². The summed E-state index contributed by atoms with van der Waals surface area (Å²) in [5.41, 5.74) is 0. The average Bonchev–Trinajstić information content (AvgIpc) is 2.93. The number of Topliss-reactive ketones (excluding diaryl/α,β-unsaturated/α-hetero) is 2. The SMILES string of the molecule is CCCCCCCCCCCCCCCC(=O)C(C(=O)CCCCCCCCCCCCCCC)[NH+](C)C(C)C.[Cl-]. The molecule has 0 heterocycles. The van der Waals surface area contributed by atoms with Crippen LogP contribution in [0.4, 0.5) is 0 Å². The lowest BCUT2D eigenvalue weighted by Gasteiger charge is -2.26. The van der Waals surface area contributed by atoms with Crippen LogP contribution in [-0.4, -0.2) is 30.7 Å². The van der Waals surface area contributed by atoms with Gasteiger partial charge in [0.15, 0.2) is 11.6 Å². The van der Waals surface area contributed by atoms with Gasteiger partial charge in [-0.25, -0.2) is 0 Å². The number of nitrogens with one attached hydrogen (secondary N) is 1. The molecule has 0 fully saturated rings. The number of carbonyl (C=O) groups excluding carboxylic acids is 2. The zero-order valence-corrected chi connectivity index (χ0v) is 29.4. The second kappa shape index (κ2) is 32.5. The standard InChI is InChI=1S/C37H73NO2.ClH/c1-6-8-10-12-14-16-18-20-22-24-26-28-30-32-35(39)37(38(5)34(3)4)36(40)33-31-29-27-25-23-21-19-17-15-13-11-9-7-2;/h34,37H,6-33H2,1-5H3;1H. The van der Waals surface area contributed by atoms with Crippen LogP contribution in [0.25, 0.3) is 0 Å². The predicted octanol–water partition coefficient (Wildman–Crippen LogP) is 7.38. The highest BCUT2D eigenvalue weighted by Gasteiger charge is 2.34. The fourth-order valence-electron chi connectivity index (χ4n) is 5.94. The highest BCUT2D eigenvalue weighted by atomic mass is 35.5. The number of quaternary nitrogens is 1. The van der Waals surface area contributed by atoms with Crippen LogP contribution in [0.15, 0.2) is 0 Å². The first-order valence-electron chi connectivity index (χ1n) is 18.3. The molecule has 0 aliphatic rings. The molecule has 0 aliphatic carbocycles. The molecule has 3 nitrogen and oxygen atoms in total. The molecule has 0 radical (unpaired) electrons. The molecule has 41 heavy (non-hydrogen) atoms. The lowest BCUT2D eigenvalue weighted by molar-refractivity contribution is -0.908. The third-order valence-corrected chi connectivity index (χ3v) is 9.06. The molecule has 1 atom stereocenters. The number of carbonyl (C=O) groups is 2. The van der Waals surface area contributed by atoms with Gasteiger partial charge < -0.3 is 17.3 Å². The lowest BCUT2D eigenvalue weighted by atomic mass is 9.95. The summed E-state index contributed by atoms with van der Waals surface area (Å²) in [5.74, 6) is 0.378. The fraction of sp³-hybridized carbons (Fsp3) is 0.946. The van der Waals surface area contributed by atoms with E-state index in [9.17, 15) is 9.59 Å². The van der Waals surface area contributed by atoms with E-state index in [0.717, 1.165) is 30.6 Å². The van der Waals surface area contributed by atoms with Crippen molar-refractivity contribution in [1.29, 1.82) is 0 Å². The Labute approximate surface area is 264 Å². The predicted molar refractivity (Wildman–Crippen MR) is 176 cm³/mol. The summed E-state index contributed by atoms with van der Waals surface area (Å²) in [4.78, 5) is 27.3. The van der Waals surface area contributed by atoms with Crippen LogP contribution in [-0.2, 0) is 9.59 Å². The third-order valence-electron chi connectivity index (χ3n) is 9.06. The Bertz CT molecular complexity index is 523. The van der Waals surface area contributed by atoms with Crippen LogP contribution in [0.5, 0.6) is 0 Å². The van der Waals surface area contributed by atoms with Crippen molar-refractivity contribution in [3.63, 3.8) is 0 Å². The second-order valence-electron chi connectivity index (χ2n) is 13.2. The van der Waals surface area contributed by atoms with Crippen molar-refractivity contribution in [3.05, 3.63) is 0 Å². The highest BCUT2D eigenvalue weighted by Crippen LogP contribution is 2.15. The van der Waals surface area contributed by atoms with Gasteiger partial charge in [0.1, 0.15) is 0 Å². The molecular weight excluding hydrogens is 526 g/mol. The molecule has 246 valence electrons. The van der Waals surface area contributed by atoms with Crippen LogP contribution in [0, 0.1) is 0 Å². The highest BCUT2D eigenvalue weighted by molar-refractivity contribution is 6.04. The number of hydrogen-bond acceptors (Lipinski definition) is 2. The first kappa shape index (κ1) is 42.7. The molecule has 4 heteroatoms. The quantitative estimate of drug-likeness (QED) is 0.0647. The lowest BCUT2D eigenvalue weighted by Crippen LogP contribution is -3.18. The summed E-state index contributed by atoms with van der Waals surface area (Å²) in [6.45, 7) is 8.81. The van der Waals surface area contributed by atoms with Crippen LogP contribution in [0.2, 0.25) is 0 Å². The van der Waals surface area contributed by atoms with Crippen molar-refractivity contribution in [2.24, 2.45) is 0 Å². The van der Waals surface area contributed by atoms with Crippen LogP contribution in [0.3, 0.4) is 0 Å². The van der Waals surface area contributed by atoms with E-state index in [-0.39, 0.29) is 30.0 Å². The summed E-state index contributed by atoms with van der Waals surface area (Å²) < 4.78 is 0. The molecule has 0 bridgehead atoms. The van der Waals surface area contributed by atoms with Crippen LogP contribution in [0.1, 0.15) is 207 Å². The molecule has 0 aromatic rings. The van der Waals surface area contributed by atoms with Gasteiger partial charge in [-0.3, -0.25) is 9.59 Å². The molecule has 0 aromatic heterocycles. The van der Waals surface area contributed by atoms with Gasteiger partial charge in [-0.2, -0.15) is 0 Å². The Morgan fingerprint density at radius 1 is 0.439 bits per heavy atom. The Kier molecular flexibility index (Phi) is 33.9. The van der Waals surface area contributed by atoms with Crippen LogP contribution >= 0.6 is 0 Å². The summed E-state index contributed by atoms with van der Waals surface area (Å²) >= 11 is 0. The molecule has 1 N–H and O–H groups in total. The Morgan fingerprint density at radius 3 is 0.878 bits per heavy atom. The topological polar surface area (TPSA) is 38.6 Å². The van der Waals surface area contributed by atoms with Gasteiger partial charge in [0.2, 0.25) is 6.04 Å². The summed E-state index contributed by atoms with van der Waals surface area (Å²) in [5, 5.41) is 0. The zero-order chi connectivity index (χ0) is 29.7. The van der Waals surface area contributed by atoms with Gasteiger partial charge in [-0.15, -0.1) is 0 Å². The van der Waals surface area contributed by atoms with Gasteiger partial charge in [-0.05, 0) is 26.7 Å². The minimum absolute atomic E-state index is 0. The van der Waals surface area contributed by atoms with Gasteiger partial charge in [0, 0.05) is 12.8 Å². The molecule has 1 unspecified atom stereocenters. The maximum Gasteiger partial charge on any atom is 0.205 e. The van der Waals surface area contributed by atoms with Crippen LogP contribution < -0.4 is 17.3 Å². The number of likely N-dealkylation sites (N-methyl/N-ethyl adjacent to an activating group) is 1. The van der Waals surface area contributed by atoms with Crippen molar-refractivity contribution in [1.82, 2.24) is 0 Å². The number of ketones is 2. The summed E-state index contributed by atoms with van der Waals surface area (Å²) in [6.07, 6.45) is 35.3.